The lowest BCUT2D eigenvalue weighted by molar-refractivity contribution is -0.183. The second kappa shape index (κ2) is 4.67. The first-order chi connectivity index (χ1) is 8.71. The van der Waals surface area contributed by atoms with Gasteiger partial charge in [-0.2, -0.15) is 0 Å². The highest BCUT2D eigenvalue weighted by Gasteiger charge is 2.51. The van der Waals surface area contributed by atoms with Gasteiger partial charge in [-0.25, -0.2) is 4.79 Å². The zero-order valence-electron chi connectivity index (χ0n) is 11.6. The van der Waals surface area contributed by atoms with Crippen molar-refractivity contribution in [2.75, 3.05) is 19.7 Å². The maximum absolute atomic E-state index is 11.8. The van der Waals surface area contributed by atoms with Gasteiger partial charge in [0.1, 0.15) is 11.2 Å². The van der Waals surface area contributed by atoms with Gasteiger partial charge >= 0.3 is 12.1 Å². The molecule has 0 saturated carbocycles. The fraction of sp³-hybridized carbons (Fsp3) is 0.846. The molecule has 0 aliphatic carbocycles. The van der Waals surface area contributed by atoms with Gasteiger partial charge in [0, 0.05) is 6.61 Å². The summed E-state index contributed by atoms with van der Waals surface area (Å²) in [5, 5.41) is 9.06. The number of hydrogen-bond acceptors (Lipinski definition) is 4. The van der Waals surface area contributed by atoms with E-state index < -0.39 is 17.2 Å². The van der Waals surface area contributed by atoms with Gasteiger partial charge in [0.2, 0.25) is 0 Å². The van der Waals surface area contributed by atoms with Crippen LogP contribution < -0.4 is 0 Å². The predicted molar refractivity (Wildman–Crippen MR) is 66.8 cm³/mol. The normalized spacial score (nSPS) is 25.8. The van der Waals surface area contributed by atoms with Crippen LogP contribution in [0, 0.1) is 5.92 Å². The number of carboxylic acids is 1. The Bertz CT molecular complexity index is 381. The molecule has 2 aliphatic heterocycles. The van der Waals surface area contributed by atoms with E-state index in [-0.39, 0.29) is 12.0 Å². The summed E-state index contributed by atoms with van der Waals surface area (Å²) in [5.41, 5.74) is -0.991. The number of carboxylic acid groups (broad SMARTS) is 1. The van der Waals surface area contributed by atoms with Crippen molar-refractivity contribution < 1.29 is 24.2 Å². The molecule has 0 aromatic rings. The van der Waals surface area contributed by atoms with Gasteiger partial charge in [0.15, 0.2) is 0 Å². The van der Waals surface area contributed by atoms with E-state index in [0.717, 1.165) is 0 Å². The first-order valence-electron chi connectivity index (χ1n) is 6.55. The lowest BCUT2D eigenvalue weighted by Crippen LogP contribution is -2.67. The maximum Gasteiger partial charge on any atom is 0.410 e. The summed E-state index contributed by atoms with van der Waals surface area (Å²) in [5.74, 6) is -1.15. The largest absolute Gasteiger partial charge is 0.481 e. The van der Waals surface area contributed by atoms with Crippen molar-refractivity contribution in [3.8, 4) is 0 Å². The molecule has 19 heavy (non-hydrogen) atoms. The summed E-state index contributed by atoms with van der Waals surface area (Å²) in [4.78, 5) is 24.4. The molecule has 108 valence electrons. The minimum atomic E-state index is -0.779. The average molecular weight is 271 g/mol. The lowest BCUT2D eigenvalue weighted by atomic mass is 9.81. The van der Waals surface area contributed by atoms with Crippen LogP contribution in [0.4, 0.5) is 4.79 Å². The number of carbonyl (C=O) groups is 2. The molecule has 2 saturated heterocycles. The topological polar surface area (TPSA) is 76.1 Å². The molecule has 0 radical (unpaired) electrons. The monoisotopic (exact) mass is 271 g/mol. The van der Waals surface area contributed by atoms with Crippen molar-refractivity contribution in [1.82, 2.24) is 4.90 Å². The quantitative estimate of drug-likeness (QED) is 0.782. The fourth-order valence-corrected chi connectivity index (χ4v) is 2.56. The number of aliphatic carboxylic acids is 1. The Labute approximate surface area is 112 Å². The van der Waals surface area contributed by atoms with E-state index in [1.807, 2.05) is 20.8 Å². The van der Waals surface area contributed by atoms with E-state index in [0.29, 0.717) is 32.5 Å². The third-order valence-corrected chi connectivity index (χ3v) is 3.45. The molecule has 0 aromatic carbocycles. The van der Waals surface area contributed by atoms with E-state index in [4.69, 9.17) is 14.6 Å². The van der Waals surface area contributed by atoms with E-state index in [1.165, 1.54) is 0 Å². The van der Waals surface area contributed by atoms with Gasteiger partial charge in [-0.3, -0.25) is 4.79 Å². The third kappa shape index (κ3) is 3.18. The van der Waals surface area contributed by atoms with Gasteiger partial charge in [-0.1, -0.05) is 0 Å². The van der Waals surface area contributed by atoms with Crippen molar-refractivity contribution in [2.24, 2.45) is 5.92 Å². The molecule has 6 nitrogen and oxygen atoms in total. The second-order valence-corrected chi connectivity index (χ2v) is 6.40. The van der Waals surface area contributed by atoms with Gasteiger partial charge < -0.3 is 19.5 Å². The standard InChI is InChI=1S/C13H21NO5/c1-12(2,3)19-11(17)14-7-13(8-14)6-9(10(15)16)4-5-18-13/h9H,4-8H2,1-3H3,(H,15,16). The zero-order chi connectivity index (χ0) is 14.3. The molecular formula is C13H21NO5. The van der Waals surface area contributed by atoms with Crippen molar-refractivity contribution in [2.45, 2.75) is 44.8 Å². The van der Waals surface area contributed by atoms with Crippen molar-refractivity contribution in [3.63, 3.8) is 0 Å². The van der Waals surface area contributed by atoms with Crippen molar-refractivity contribution in [1.29, 1.82) is 0 Å². The first kappa shape index (κ1) is 14.1. The molecule has 0 bridgehead atoms. The molecule has 2 fully saturated rings. The summed E-state index contributed by atoms with van der Waals surface area (Å²) in [6, 6.07) is 0. The van der Waals surface area contributed by atoms with Gasteiger partial charge in [-0.05, 0) is 33.6 Å². The Morgan fingerprint density at radius 2 is 2.00 bits per heavy atom. The minimum Gasteiger partial charge on any atom is -0.481 e. The SMILES string of the molecule is CC(C)(C)OC(=O)N1CC2(CC(C(=O)O)CCO2)C1. The summed E-state index contributed by atoms with van der Waals surface area (Å²) in [6.07, 6.45) is 0.657. The van der Waals surface area contributed by atoms with Gasteiger partial charge in [-0.15, -0.1) is 0 Å². The Balaban J connectivity index is 1.88. The number of carbonyl (C=O) groups excluding carboxylic acids is 1. The number of hydrogen-bond donors (Lipinski definition) is 1. The molecule has 0 aromatic heterocycles. The number of rotatable bonds is 1. The molecular weight excluding hydrogens is 250 g/mol. The number of ether oxygens (including phenoxy) is 2. The average Bonchev–Trinajstić information content (AvgIpc) is 2.23. The predicted octanol–water partition coefficient (Wildman–Crippen LogP) is 1.49. The molecule has 1 N–H and O–H groups in total. The molecule has 1 atom stereocenters. The zero-order valence-corrected chi connectivity index (χ0v) is 11.6. The fourth-order valence-electron chi connectivity index (χ4n) is 2.56. The van der Waals surface area contributed by atoms with Crippen LogP contribution in [0.15, 0.2) is 0 Å². The minimum absolute atomic E-state index is 0.362. The van der Waals surface area contributed by atoms with Crippen LogP contribution in [0.25, 0.3) is 0 Å². The summed E-state index contributed by atoms with van der Waals surface area (Å²) >= 11 is 0. The van der Waals surface area contributed by atoms with E-state index in [2.05, 4.69) is 0 Å². The van der Waals surface area contributed by atoms with Crippen LogP contribution in [0.5, 0.6) is 0 Å². The lowest BCUT2D eigenvalue weighted by Gasteiger charge is -2.52. The number of likely N-dealkylation sites (tertiary alicyclic amines) is 1. The highest BCUT2D eigenvalue weighted by Crippen LogP contribution is 2.37. The van der Waals surface area contributed by atoms with Crippen molar-refractivity contribution in [3.05, 3.63) is 0 Å². The Morgan fingerprint density at radius 1 is 1.37 bits per heavy atom. The summed E-state index contributed by atoms with van der Waals surface area (Å²) in [6.45, 7) is 6.74. The van der Waals surface area contributed by atoms with Gasteiger partial charge in [0.25, 0.3) is 0 Å². The van der Waals surface area contributed by atoms with Crippen LogP contribution in [-0.2, 0) is 14.3 Å². The summed E-state index contributed by atoms with van der Waals surface area (Å²) < 4.78 is 10.9. The molecule has 6 heteroatoms. The van der Waals surface area contributed by atoms with Crippen LogP contribution in [0.1, 0.15) is 33.6 Å². The van der Waals surface area contributed by atoms with E-state index >= 15 is 0 Å². The molecule has 2 heterocycles. The molecule has 2 rings (SSSR count). The Kier molecular flexibility index (Phi) is 3.47. The highest BCUT2D eigenvalue weighted by atomic mass is 16.6. The smallest absolute Gasteiger partial charge is 0.410 e. The maximum atomic E-state index is 11.8. The molecule has 2 aliphatic rings. The van der Waals surface area contributed by atoms with Crippen LogP contribution in [0.3, 0.4) is 0 Å². The van der Waals surface area contributed by atoms with Gasteiger partial charge in [0.05, 0.1) is 19.0 Å². The van der Waals surface area contributed by atoms with Crippen LogP contribution in [-0.4, -0.2) is 53.0 Å². The summed E-state index contributed by atoms with van der Waals surface area (Å²) in [7, 11) is 0. The van der Waals surface area contributed by atoms with E-state index in [9.17, 15) is 9.59 Å². The highest BCUT2D eigenvalue weighted by molar-refractivity contribution is 5.71. The Hall–Kier alpha value is -1.30. The van der Waals surface area contributed by atoms with Crippen molar-refractivity contribution >= 4 is 12.1 Å². The second-order valence-electron chi connectivity index (χ2n) is 6.40. The molecule has 1 amide bonds. The third-order valence-electron chi connectivity index (χ3n) is 3.45. The first-order valence-corrected chi connectivity index (χ1v) is 6.55. The van der Waals surface area contributed by atoms with E-state index in [1.54, 1.807) is 4.90 Å². The molecule has 1 unspecified atom stereocenters. The number of nitrogens with zero attached hydrogens (tertiary/aromatic N) is 1. The number of amides is 1. The Morgan fingerprint density at radius 3 is 2.53 bits per heavy atom. The molecule has 1 spiro atoms. The van der Waals surface area contributed by atoms with Crippen LogP contribution in [0.2, 0.25) is 0 Å². The van der Waals surface area contributed by atoms with Crippen LogP contribution >= 0.6 is 0 Å².